The fourth-order valence-corrected chi connectivity index (χ4v) is 3.22. The van der Waals surface area contributed by atoms with Crippen molar-refractivity contribution in [3.05, 3.63) is 23.8 Å². The van der Waals surface area contributed by atoms with Crippen LogP contribution in [0.5, 0.6) is 0 Å². The molecule has 0 aliphatic carbocycles. The molecule has 2 rings (SSSR count). The number of fused-ring (bicyclic) bond motifs is 1. The molecule has 1 aliphatic rings. The van der Waals surface area contributed by atoms with Gasteiger partial charge in [0.2, 0.25) is 0 Å². The van der Waals surface area contributed by atoms with Gasteiger partial charge in [-0.1, -0.05) is 19.9 Å². The number of carbonyl (C=O) groups is 1. The van der Waals surface area contributed by atoms with Crippen LogP contribution in [0.15, 0.2) is 18.2 Å². The van der Waals surface area contributed by atoms with Gasteiger partial charge in [-0.15, -0.1) is 0 Å². The van der Waals surface area contributed by atoms with Crippen molar-refractivity contribution in [3.63, 3.8) is 0 Å². The molecular weight excluding hydrogens is 290 g/mol. The summed E-state index contributed by atoms with van der Waals surface area (Å²) < 4.78 is 0. The van der Waals surface area contributed by atoms with Crippen molar-refractivity contribution < 1.29 is 9.90 Å². The topological polar surface area (TPSA) is 64.6 Å². The van der Waals surface area contributed by atoms with Gasteiger partial charge in [-0.3, -0.25) is 0 Å². The van der Waals surface area contributed by atoms with Gasteiger partial charge in [-0.25, -0.2) is 4.79 Å². The number of likely N-dealkylation sites (N-methyl/N-ethyl adjacent to an activating group) is 1. The highest BCUT2D eigenvalue weighted by atomic mass is 16.3. The average Bonchev–Trinajstić information content (AvgIpc) is 2.86. The van der Waals surface area contributed by atoms with E-state index in [0.717, 1.165) is 25.2 Å². The van der Waals surface area contributed by atoms with E-state index >= 15 is 0 Å². The highest BCUT2D eigenvalue weighted by Gasteiger charge is 2.21. The molecule has 1 aromatic rings. The van der Waals surface area contributed by atoms with E-state index in [9.17, 15) is 9.90 Å². The molecule has 2 amide bonds. The van der Waals surface area contributed by atoms with Crippen molar-refractivity contribution in [2.45, 2.75) is 46.6 Å². The van der Waals surface area contributed by atoms with Crippen LogP contribution < -0.4 is 15.5 Å². The molecule has 0 bridgehead atoms. The minimum atomic E-state index is -0.369. The van der Waals surface area contributed by atoms with Gasteiger partial charge in [0.1, 0.15) is 0 Å². The minimum Gasteiger partial charge on any atom is -0.393 e. The standard InChI is InChI=1S/C18H29N3O2/c1-5-21-9-8-14-6-7-15(10-16(14)21)20-17(23)19-12-18(3,4)11-13(2)22/h6-7,10,13,22H,5,8-9,11-12H2,1-4H3,(H2,19,20,23)/t13-/m0/s1. The zero-order valence-electron chi connectivity index (χ0n) is 14.6. The molecule has 128 valence electrons. The van der Waals surface area contributed by atoms with E-state index in [0.29, 0.717) is 13.0 Å². The smallest absolute Gasteiger partial charge is 0.319 e. The Labute approximate surface area is 139 Å². The lowest BCUT2D eigenvalue weighted by Gasteiger charge is -2.26. The van der Waals surface area contributed by atoms with Gasteiger partial charge in [0.15, 0.2) is 0 Å². The molecule has 0 aromatic heterocycles. The maximum Gasteiger partial charge on any atom is 0.319 e. The summed E-state index contributed by atoms with van der Waals surface area (Å²) >= 11 is 0. The number of rotatable bonds is 6. The molecule has 3 N–H and O–H groups in total. The Morgan fingerprint density at radius 2 is 2.17 bits per heavy atom. The zero-order chi connectivity index (χ0) is 17.0. The summed E-state index contributed by atoms with van der Waals surface area (Å²) in [5.41, 5.74) is 3.24. The van der Waals surface area contributed by atoms with Crippen LogP contribution in [0.3, 0.4) is 0 Å². The molecule has 23 heavy (non-hydrogen) atoms. The molecule has 0 fully saturated rings. The number of anilines is 2. The van der Waals surface area contributed by atoms with Crippen LogP contribution in [0, 0.1) is 5.41 Å². The minimum absolute atomic E-state index is 0.136. The Bertz CT molecular complexity index is 555. The third kappa shape index (κ3) is 4.86. The molecule has 0 spiro atoms. The molecule has 1 aliphatic heterocycles. The van der Waals surface area contributed by atoms with Crippen LogP contribution in [-0.2, 0) is 6.42 Å². The second-order valence-corrected chi connectivity index (χ2v) is 7.20. The first-order valence-electron chi connectivity index (χ1n) is 8.41. The van der Waals surface area contributed by atoms with Gasteiger partial charge in [0.25, 0.3) is 0 Å². The van der Waals surface area contributed by atoms with E-state index in [1.54, 1.807) is 6.92 Å². The first-order valence-corrected chi connectivity index (χ1v) is 8.41. The number of benzene rings is 1. The Hall–Kier alpha value is -1.75. The fourth-order valence-electron chi connectivity index (χ4n) is 3.22. The maximum atomic E-state index is 12.1. The van der Waals surface area contributed by atoms with Crippen LogP contribution in [0.1, 0.15) is 39.7 Å². The Morgan fingerprint density at radius 3 is 2.83 bits per heavy atom. The highest BCUT2D eigenvalue weighted by Crippen LogP contribution is 2.30. The zero-order valence-corrected chi connectivity index (χ0v) is 14.6. The van der Waals surface area contributed by atoms with Gasteiger partial charge in [-0.2, -0.15) is 0 Å². The molecular formula is C18H29N3O2. The van der Waals surface area contributed by atoms with Crippen LogP contribution in [0.2, 0.25) is 0 Å². The summed E-state index contributed by atoms with van der Waals surface area (Å²) in [6.45, 7) is 10.5. The van der Waals surface area contributed by atoms with Crippen LogP contribution >= 0.6 is 0 Å². The number of carbonyl (C=O) groups excluding carboxylic acids is 1. The Balaban J connectivity index is 1.91. The van der Waals surface area contributed by atoms with Crippen molar-refractivity contribution in [2.24, 2.45) is 5.41 Å². The van der Waals surface area contributed by atoms with Gasteiger partial charge in [-0.05, 0) is 49.8 Å². The second kappa shape index (κ2) is 7.21. The predicted octanol–water partition coefficient (Wildman–Crippen LogP) is 2.99. The third-order valence-electron chi connectivity index (χ3n) is 4.29. The average molecular weight is 319 g/mol. The number of nitrogens with one attached hydrogen (secondary N) is 2. The summed E-state index contributed by atoms with van der Waals surface area (Å²) in [6.07, 6.45) is 1.35. The lowest BCUT2D eigenvalue weighted by Crippen LogP contribution is -2.38. The first kappa shape index (κ1) is 17.6. The first-order chi connectivity index (χ1) is 10.8. The predicted molar refractivity (Wildman–Crippen MR) is 95.1 cm³/mol. The molecule has 1 atom stereocenters. The van der Waals surface area contributed by atoms with Crippen LogP contribution in [0.25, 0.3) is 0 Å². The molecule has 0 saturated heterocycles. The summed E-state index contributed by atoms with van der Waals surface area (Å²) in [6, 6.07) is 5.90. The largest absolute Gasteiger partial charge is 0.393 e. The molecule has 0 saturated carbocycles. The van der Waals surface area contributed by atoms with Crippen molar-refractivity contribution in [1.82, 2.24) is 5.32 Å². The molecule has 5 heteroatoms. The van der Waals surface area contributed by atoms with E-state index < -0.39 is 0 Å². The molecule has 1 heterocycles. The van der Waals surface area contributed by atoms with E-state index in [2.05, 4.69) is 28.5 Å². The Morgan fingerprint density at radius 1 is 1.43 bits per heavy atom. The van der Waals surface area contributed by atoms with Crippen molar-refractivity contribution in [1.29, 1.82) is 0 Å². The van der Waals surface area contributed by atoms with Crippen LogP contribution in [-0.4, -0.2) is 36.9 Å². The maximum absolute atomic E-state index is 12.1. The van der Waals surface area contributed by atoms with E-state index in [4.69, 9.17) is 0 Å². The van der Waals surface area contributed by atoms with Gasteiger partial charge in [0, 0.05) is 31.0 Å². The quantitative estimate of drug-likeness (QED) is 0.755. The van der Waals surface area contributed by atoms with E-state index in [-0.39, 0.29) is 17.6 Å². The summed E-state index contributed by atoms with van der Waals surface area (Å²) in [5.74, 6) is 0. The second-order valence-electron chi connectivity index (χ2n) is 7.20. The van der Waals surface area contributed by atoms with Gasteiger partial charge >= 0.3 is 6.03 Å². The normalized spacial score (nSPS) is 15.3. The fraction of sp³-hybridized carbons (Fsp3) is 0.611. The number of aliphatic hydroxyl groups excluding tert-OH is 1. The number of hydrogen-bond acceptors (Lipinski definition) is 3. The number of amides is 2. The number of nitrogens with zero attached hydrogens (tertiary/aromatic N) is 1. The molecule has 0 unspecified atom stereocenters. The number of aliphatic hydroxyl groups is 1. The monoisotopic (exact) mass is 319 g/mol. The van der Waals surface area contributed by atoms with Gasteiger partial charge in [0.05, 0.1) is 6.10 Å². The summed E-state index contributed by atoms with van der Waals surface area (Å²) in [4.78, 5) is 14.4. The van der Waals surface area contributed by atoms with Crippen LogP contribution in [0.4, 0.5) is 16.2 Å². The lowest BCUT2D eigenvalue weighted by molar-refractivity contribution is 0.129. The van der Waals surface area contributed by atoms with Crippen molar-refractivity contribution >= 4 is 17.4 Å². The molecule has 5 nitrogen and oxygen atoms in total. The third-order valence-corrected chi connectivity index (χ3v) is 4.29. The Kier molecular flexibility index (Phi) is 5.52. The number of urea groups is 1. The van der Waals surface area contributed by atoms with E-state index in [1.807, 2.05) is 26.0 Å². The SMILES string of the molecule is CCN1CCc2ccc(NC(=O)NCC(C)(C)C[C@H](C)O)cc21. The van der Waals surface area contributed by atoms with Crippen molar-refractivity contribution in [3.8, 4) is 0 Å². The lowest BCUT2D eigenvalue weighted by atomic mass is 9.87. The van der Waals surface area contributed by atoms with Gasteiger partial charge < -0.3 is 20.6 Å². The summed E-state index contributed by atoms with van der Waals surface area (Å²) in [5, 5.41) is 15.3. The van der Waals surface area contributed by atoms with E-state index in [1.165, 1.54) is 11.3 Å². The molecule has 1 aromatic carbocycles. The highest BCUT2D eigenvalue weighted by molar-refractivity contribution is 5.90. The number of hydrogen-bond donors (Lipinski definition) is 3. The van der Waals surface area contributed by atoms with Crippen molar-refractivity contribution in [2.75, 3.05) is 29.9 Å². The molecule has 0 radical (unpaired) electrons. The summed E-state index contributed by atoms with van der Waals surface area (Å²) in [7, 11) is 0.